The molecule has 1 saturated heterocycles. The van der Waals surface area contributed by atoms with E-state index in [-0.39, 0.29) is 6.04 Å². The number of aldehydes is 1. The van der Waals surface area contributed by atoms with Crippen LogP contribution in [0, 0.1) is 5.41 Å². The number of rotatable bonds is 4. The smallest absolute Gasteiger partial charge is 0.130 e. The van der Waals surface area contributed by atoms with Crippen molar-refractivity contribution < 1.29 is 9.63 Å². The van der Waals surface area contributed by atoms with E-state index in [1.807, 2.05) is 48.4 Å². The fraction of sp³-hybridized carbons (Fsp3) is 0.278. The second-order valence-electron chi connectivity index (χ2n) is 5.77. The molecule has 1 heterocycles. The van der Waals surface area contributed by atoms with Crippen LogP contribution in [-0.4, -0.2) is 18.0 Å². The normalized spacial score (nSPS) is 25.9. The quantitative estimate of drug-likeness (QED) is 0.805. The third-order valence-corrected chi connectivity index (χ3v) is 4.02. The molecule has 1 fully saturated rings. The fourth-order valence-corrected chi connectivity index (χ4v) is 2.89. The summed E-state index contributed by atoms with van der Waals surface area (Å²) in [4.78, 5) is 17.4. The van der Waals surface area contributed by atoms with Crippen molar-refractivity contribution in [1.29, 1.82) is 0 Å². The molecule has 0 spiro atoms. The number of benzene rings is 2. The van der Waals surface area contributed by atoms with Gasteiger partial charge in [0.2, 0.25) is 0 Å². The van der Waals surface area contributed by atoms with Crippen molar-refractivity contribution in [2.75, 3.05) is 6.61 Å². The van der Waals surface area contributed by atoms with Crippen molar-refractivity contribution in [1.82, 2.24) is 5.06 Å². The Bertz CT molecular complexity index is 599. The van der Waals surface area contributed by atoms with Gasteiger partial charge in [0.05, 0.1) is 18.1 Å². The minimum Gasteiger partial charge on any atom is -0.303 e. The van der Waals surface area contributed by atoms with Crippen LogP contribution in [0.1, 0.15) is 24.1 Å². The molecule has 0 bridgehead atoms. The highest BCUT2D eigenvalue weighted by molar-refractivity contribution is 5.61. The molecule has 0 N–H and O–H groups in total. The highest BCUT2D eigenvalue weighted by Crippen LogP contribution is 2.43. The number of hydrogen-bond donors (Lipinski definition) is 0. The molecule has 2 aromatic rings. The van der Waals surface area contributed by atoms with Gasteiger partial charge in [0.25, 0.3) is 0 Å². The van der Waals surface area contributed by atoms with E-state index in [4.69, 9.17) is 4.84 Å². The number of nitrogens with zero attached hydrogens (tertiary/aromatic N) is 1. The van der Waals surface area contributed by atoms with E-state index in [9.17, 15) is 4.79 Å². The summed E-state index contributed by atoms with van der Waals surface area (Å²) in [6.45, 7) is 3.05. The first kappa shape index (κ1) is 14.0. The van der Waals surface area contributed by atoms with Crippen molar-refractivity contribution in [2.24, 2.45) is 5.41 Å². The van der Waals surface area contributed by atoms with Crippen LogP contribution < -0.4 is 0 Å². The zero-order valence-electron chi connectivity index (χ0n) is 12.1. The van der Waals surface area contributed by atoms with Gasteiger partial charge in [-0.2, -0.15) is 5.06 Å². The van der Waals surface area contributed by atoms with Crippen molar-refractivity contribution in [2.45, 2.75) is 19.5 Å². The van der Waals surface area contributed by atoms with E-state index >= 15 is 0 Å². The summed E-state index contributed by atoms with van der Waals surface area (Å²) in [6.07, 6.45) is 1.02. The molecule has 1 aliphatic heterocycles. The maximum atomic E-state index is 11.6. The van der Waals surface area contributed by atoms with Crippen LogP contribution in [0.4, 0.5) is 0 Å². The molecule has 0 amide bonds. The summed E-state index contributed by atoms with van der Waals surface area (Å²) in [7, 11) is 0. The zero-order chi connectivity index (χ0) is 14.7. The number of carbonyl (C=O) groups excluding carboxylic acids is 1. The Kier molecular flexibility index (Phi) is 3.86. The summed E-state index contributed by atoms with van der Waals surface area (Å²) < 4.78 is 0. The Balaban J connectivity index is 1.91. The van der Waals surface area contributed by atoms with Crippen LogP contribution in [0.15, 0.2) is 60.7 Å². The maximum Gasteiger partial charge on any atom is 0.130 e. The standard InChI is InChI=1S/C18H19NO2/c1-18(13-20)14-21-19(12-15-8-4-2-5-9-15)17(18)16-10-6-3-7-11-16/h2-11,13,17H,12,14H2,1H3/t17-,18+/m1/s1. The highest BCUT2D eigenvalue weighted by atomic mass is 16.7. The summed E-state index contributed by atoms with van der Waals surface area (Å²) in [5.74, 6) is 0. The first-order valence-electron chi connectivity index (χ1n) is 7.18. The summed E-state index contributed by atoms with van der Waals surface area (Å²) in [6, 6.07) is 20.2. The van der Waals surface area contributed by atoms with Gasteiger partial charge in [0.1, 0.15) is 6.29 Å². The molecule has 3 heteroatoms. The first-order valence-corrected chi connectivity index (χ1v) is 7.18. The largest absolute Gasteiger partial charge is 0.303 e. The zero-order valence-corrected chi connectivity index (χ0v) is 12.1. The van der Waals surface area contributed by atoms with Gasteiger partial charge in [-0.15, -0.1) is 0 Å². The Morgan fingerprint density at radius 3 is 2.38 bits per heavy atom. The SMILES string of the molecule is C[C@]1(C=O)CON(Cc2ccccc2)[C@@H]1c1ccccc1. The molecular weight excluding hydrogens is 262 g/mol. The fourth-order valence-electron chi connectivity index (χ4n) is 2.89. The Hall–Kier alpha value is -1.97. The lowest BCUT2D eigenvalue weighted by molar-refractivity contribution is -0.141. The summed E-state index contributed by atoms with van der Waals surface area (Å²) in [5.41, 5.74) is 1.77. The van der Waals surface area contributed by atoms with E-state index in [0.29, 0.717) is 13.2 Å². The average molecular weight is 281 g/mol. The Morgan fingerprint density at radius 2 is 1.76 bits per heavy atom. The number of hydroxylamine groups is 2. The molecule has 0 aromatic heterocycles. The van der Waals surface area contributed by atoms with Gasteiger partial charge in [-0.25, -0.2) is 0 Å². The van der Waals surface area contributed by atoms with Gasteiger partial charge >= 0.3 is 0 Å². The lowest BCUT2D eigenvalue weighted by atomic mass is 9.81. The highest BCUT2D eigenvalue weighted by Gasteiger charge is 2.46. The van der Waals surface area contributed by atoms with Gasteiger partial charge in [0.15, 0.2) is 0 Å². The van der Waals surface area contributed by atoms with Gasteiger partial charge in [-0.3, -0.25) is 4.84 Å². The van der Waals surface area contributed by atoms with Gasteiger partial charge < -0.3 is 4.79 Å². The van der Waals surface area contributed by atoms with Crippen LogP contribution >= 0.6 is 0 Å². The average Bonchev–Trinajstić information content (AvgIpc) is 2.86. The van der Waals surface area contributed by atoms with E-state index in [2.05, 4.69) is 24.3 Å². The maximum absolute atomic E-state index is 11.6. The van der Waals surface area contributed by atoms with Crippen LogP contribution in [0.2, 0.25) is 0 Å². The molecule has 1 aliphatic rings. The molecule has 21 heavy (non-hydrogen) atoms. The van der Waals surface area contributed by atoms with E-state index < -0.39 is 5.41 Å². The number of hydrogen-bond acceptors (Lipinski definition) is 3. The molecule has 0 radical (unpaired) electrons. The van der Waals surface area contributed by atoms with Crippen LogP contribution in [0.5, 0.6) is 0 Å². The lowest BCUT2D eigenvalue weighted by Crippen LogP contribution is -2.31. The van der Waals surface area contributed by atoms with E-state index in [1.165, 1.54) is 5.56 Å². The van der Waals surface area contributed by atoms with Crippen LogP contribution in [0.3, 0.4) is 0 Å². The predicted molar refractivity (Wildman–Crippen MR) is 81.3 cm³/mol. The van der Waals surface area contributed by atoms with Gasteiger partial charge in [-0.1, -0.05) is 60.7 Å². The molecule has 2 aromatic carbocycles. The van der Waals surface area contributed by atoms with Crippen molar-refractivity contribution >= 4 is 6.29 Å². The summed E-state index contributed by atoms with van der Waals surface area (Å²) in [5, 5.41) is 1.93. The monoisotopic (exact) mass is 281 g/mol. The van der Waals surface area contributed by atoms with Crippen molar-refractivity contribution in [3.8, 4) is 0 Å². The Labute approximate surface area is 125 Å². The molecule has 0 saturated carbocycles. The van der Waals surface area contributed by atoms with Crippen LogP contribution in [-0.2, 0) is 16.2 Å². The third kappa shape index (κ3) is 2.75. The minimum absolute atomic E-state index is 0.0589. The van der Waals surface area contributed by atoms with E-state index in [1.54, 1.807) is 0 Å². The molecule has 0 aliphatic carbocycles. The molecule has 0 unspecified atom stereocenters. The first-order chi connectivity index (χ1) is 10.2. The Morgan fingerprint density at radius 1 is 1.14 bits per heavy atom. The van der Waals surface area contributed by atoms with Crippen molar-refractivity contribution in [3.63, 3.8) is 0 Å². The molecule has 2 atom stereocenters. The second-order valence-corrected chi connectivity index (χ2v) is 5.77. The van der Waals surface area contributed by atoms with Crippen LogP contribution in [0.25, 0.3) is 0 Å². The predicted octanol–water partition coefficient (Wildman–Crippen LogP) is 3.38. The molecule has 108 valence electrons. The van der Waals surface area contributed by atoms with E-state index in [0.717, 1.165) is 11.8 Å². The molecule has 3 rings (SSSR count). The van der Waals surface area contributed by atoms with Gasteiger partial charge in [-0.05, 0) is 18.1 Å². The minimum atomic E-state index is -0.518. The summed E-state index contributed by atoms with van der Waals surface area (Å²) >= 11 is 0. The number of carbonyl (C=O) groups is 1. The van der Waals surface area contributed by atoms with Crippen molar-refractivity contribution in [3.05, 3.63) is 71.8 Å². The van der Waals surface area contributed by atoms with Gasteiger partial charge in [0, 0.05) is 6.54 Å². The third-order valence-electron chi connectivity index (χ3n) is 4.02. The lowest BCUT2D eigenvalue weighted by Gasteiger charge is -2.29. The molecular formula is C18H19NO2. The molecule has 3 nitrogen and oxygen atoms in total. The second kappa shape index (κ2) is 5.80. The topological polar surface area (TPSA) is 29.5 Å².